The highest BCUT2D eigenvalue weighted by Crippen LogP contribution is 2.57. The predicted molar refractivity (Wildman–Crippen MR) is 147 cm³/mol. The highest BCUT2D eigenvalue weighted by molar-refractivity contribution is 6.24. The molecule has 0 spiro atoms. The largest absolute Gasteiger partial charge is 0.0719 e. The zero-order valence-electron chi connectivity index (χ0n) is 19.2. The monoisotopic (exact) mass is 442 g/mol. The van der Waals surface area contributed by atoms with Crippen molar-refractivity contribution in [2.45, 2.75) is 5.41 Å². The highest BCUT2D eigenvalue weighted by atomic mass is 14.5. The van der Waals surface area contributed by atoms with Crippen LogP contribution in [0.25, 0.3) is 43.4 Å². The lowest BCUT2D eigenvalue weighted by Gasteiger charge is -2.35. The molecule has 0 fully saturated rings. The van der Waals surface area contributed by atoms with Gasteiger partial charge in [-0.2, -0.15) is 0 Å². The molecule has 7 aromatic rings. The van der Waals surface area contributed by atoms with Crippen LogP contribution >= 0.6 is 0 Å². The fraction of sp³-hybridized carbons (Fsp3) is 0.0286. The molecule has 1 aliphatic rings. The van der Waals surface area contributed by atoms with Crippen LogP contribution in [-0.2, 0) is 5.41 Å². The van der Waals surface area contributed by atoms with Gasteiger partial charge in [0.2, 0.25) is 0 Å². The molecule has 0 aliphatic heterocycles. The SMILES string of the molecule is c1ccc(C2(c3ccc4ccc5cccc6ccc3c4c56)c3ccccc3-c3ccccc32)cc1. The first-order valence-electron chi connectivity index (χ1n) is 12.3. The van der Waals surface area contributed by atoms with E-state index in [1.54, 1.807) is 0 Å². The van der Waals surface area contributed by atoms with Crippen molar-refractivity contribution in [3.05, 3.63) is 156 Å². The van der Waals surface area contributed by atoms with Gasteiger partial charge in [-0.3, -0.25) is 0 Å². The lowest BCUT2D eigenvalue weighted by molar-refractivity contribution is 0.777. The van der Waals surface area contributed by atoms with E-state index in [4.69, 9.17) is 0 Å². The molecule has 0 heteroatoms. The summed E-state index contributed by atoms with van der Waals surface area (Å²) in [6, 6.07) is 49.6. The quantitative estimate of drug-likeness (QED) is 0.234. The zero-order chi connectivity index (χ0) is 23.0. The second-order valence-corrected chi connectivity index (χ2v) is 9.68. The molecule has 0 amide bonds. The molecule has 1 aliphatic carbocycles. The molecule has 0 aromatic heterocycles. The standard InChI is InChI=1S/C35H22/c1-2-11-26(12-3-1)35(30-15-6-4-13-27(30)28-14-5-7-16-31(28)35)32-22-20-25-18-17-23-9-8-10-24-19-21-29(32)34(25)33(23)24/h1-22H. The minimum atomic E-state index is -0.378. The van der Waals surface area contributed by atoms with Gasteiger partial charge >= 0.3 is 0 Å². The number of benzene rings is 7. The molecule has 35 heavy (non-hydrogen) atoms. The summed E-state index contributed by atoms with van der Waals surface area (Å²) in [6.07, 6.45) is 0. The molecule has 8 rings (SSSR count). The molecule has 0 bridgehead atoms. The second kappa shape index (κ2) is 6.81. The van der Waals surface area contributed by atoms with Gasteiger partial charge in [0.25, 0.3) is 0 Å². The average molecular weight is 443 g/mol. The third-order valence-electron chi connectivity index (χ3n) is 8.09. The maximum absolute atomic E-state index is 2.38. The van der Waals surface area contributed by atoms with E-state index in [9.17, 15) is 0 Å². The van der Waals surface area contributed by atoms with Gasteiger partial charge in [-0.15, -0.1) is 0 Å². The van der Waals surface area contributed by atoms with Crippen molar-refractivity contribution in [1.82, 2.24) is 0 Å². The molecular formula is C35H22. The van der Waals surface area contributed by atoms with E-state index in [1.807, 2.05) is 0 Å². The zero-order valence-corrected chi connectivity index (χ0v) is 19.2. The highest BCUT2D eigenvalue weighted by Gasteiger charge is 2.46. The molecule has 162 valence electrons. The Labute approximate surface area is 204 Å². The topological polar surface area (TPSA) is 0 Å². The van der Waals surface area contributed by atoms with Gasteiger partial charge in [-0.25, -0.2) is 0 Å². The molecule has 0 unspecified atom stereocenters. The van der Waals surface area contributed by atoms with Crippen molar-refractivity contribution in [1.29, 1.82) is 0 Å². The number of hydrogen-bond donors (Lipinski definition) is 0. The van der Waals surface area contributed by atoms with Crippen molar-refractivity contribution < 1.29 is 0 Å². The Morgan fingerprint density at radius 3 is 1.57 bits per heavy atom. The van der Waals surface area contributed by atoms with E-state index in [-0.39, 0.29) is 5.41 Å². The van der Waals surface area contributed by atoms with Gasteiger partial charge in [0.15, 0.2) is 0 Å². The van der Waals surface area contributed by atoms with E-state index in [0.29, 0.717) is 0 Å². The van der Waals surface area contributed by atoms with Crippen LogP contribution in [0.1, 0.15) is 22.3 Å². The average Bonchev–Trinajstić information content (AvgIpc) is 3.23. The lowest BCUT2D eigenvalue weighted by Crippen LogP contribution is -2.28. The van der Waals surface area contributed by atoms with E-state index in [0.717, 1.165) is 0 Å². The van der Waals surface area contributed by atoms with Crippen LogP contribution in [-0.4, -0.2) is 0 Å². The van der Waals surface area contributed by atoms with Gasteiger partial charge in [0, 0.05) is 0 Å². The Morgan fingerprint density at radius 2 is 0.886 bits per heavy atom. The molecule has 0 saturated carbocycles. The van der Waals surface area contributed by atoms with E-state index < -0.39 is 0 Å². The van der Waals surface area contributed by atoms with Crippen molar-refractivity contribution in [3.8, 4) is 11.1 Å². The summed E-state index contributed by atoms with van der Waals surface area (Å²) in [4.78, 5) is 0. The van der Waals surface area contributed by atoms with Gasteiger partial charge in [-0.05, 0) is 65.7 Å². The third kappa shape index (κ3) is 2.32. The lowest BCUT2D eigenvalue weighted by atomic mass is 9.66. The Kier molecular flexibility index (Phi) is 3.68. The minimum absolute atomic E-state index is 0.378. The van der Waals surface area contributed by atoms with Crippen LogP contribution < -0.4 is 0 Å². The summed E-state index contributed by atoms with van der Waals surface area (Å²) in [5, 5.41) is 7.98. The minimum Gasteiger partial charge on any atom is -0.0622 e. The Bertz CT molecular complexity index is 1830. The molecule has 0 radical (unpaired) electrons. The molecule has 0 saturated heterocycles. The Balaban J connectivity index is 1.62. The number of fused-ring (bicyclic) bond motifs is 3. The van der Waals surface area contributed by atoms with Gasteiger partial charge in [-0.1, -0.05) is 133 Å². The molecule has 0 nitrogen and oxygen atoms in total. The number of rotatable bonds is 2. The summed E-state index contributed by atoms with van der Waals surface area (Å²) in [5.41, 5.74) is 7.68. The first-order valence-corrected chi connectivity index (χ1v) is 12.3. The van der Waals surface area contributed by atoms with E-state index >= 15 is 0 Å². The predicted octanol–water partition coefficient (Wildman–Crippen LogP) is 8.95. The second-order valence-electron chi connectivity index (χ2n) is 9.68. The summed E-state index contributed by atoms with van der Waals surface area (Å²) in [6.45, 7) is 0. The Morgan fingerprint density at radius 1 is 0.343 bits per heavy atom. The first kappa shape index (κ1) is 18.9. The molecule has 0 heterocycles. The van der Waals surface area contributed by atoms with Crippen molar-refractivity contribution >= 4 is 32.3 Å². The number of hydrogen-bond acceptors (Lipinski definition) is 0. The van der Waals surface area contributed by atoms with Crippen molar-refractivity contribution in [2.75, 3.05) is 0 Å². The van der Waals surface area contributed by atoms with Crippen LogP contribution in [0, 0.1) is 0 Å². The Hall–Kier alpha value is -4.42. The summed E-state index contributed by atoms with van der Waals surface area (Å²) >= 11 is 0. The smallest absolute Gasteiger partial charge is 0.0622 e. The fourth-order valence-corrected chi connectivity index (χ4v) is 6.74. The molecular weight excluding hydrogens is 420 g/mol. The maximum Gasteiger partial charge on any atom is 0.0719 e. The van der Waals surface area contributed by atoms with Gasteiger partial charge in [0.05, 0.1) is 5.41 Å². The van der Waals surface area contributed by atoms with Crippen molar-refractivity contribution in [2.24, 2.45) is 0 Å². The van der Waals surface area contributed by atoms with Gasteiger partial charge < -0.3 is 0 Å². The third-order valence-corrected chi connectivity index (χ3v) is 8.09. The summed E-state index contributed by atoms with van der Waals surface area (Å²) in [7, 11) is 0. The molecule has 0 N–H and O–H groups in total. The normalized spacial score (nSPS) is 13.9. The molecule has 0 atom stereocenters. The van der Waals surface area contributed by atoms with E-state index in [2.05, 4.69) is 133 Å². The van der Waals surface area contributed by atoms with Crippen LogP contribution in [0.3, 0.4) is 0 Å². The van der Waals surface area contributed by atoms with Gasteiger partial charge in [0.1, 0.15) is 0 Å². The van der Waals surface area contributed by atoms with Crippen LogP contribution in [0.15, 0.2) is 133 Å². The first-order chi connectivity index (χ1) is 17.4. The fourth-order valence-electron chi connectivity index (χ4n) is 6.74. The summed E-state index contributed by atoms with van der Waals surface area (Å²) in [5.74, 6) is 0. The molecule has 7 aromatic carbocycles. The van der Waals surface area contributed by atoms with Crippen LogP contribution in [0.5, 0.6) is 0 Å². The van der Waals surface area contributed by atoms with Crippen LogP contribution in [0.2, 0.25) is 0 Å². The maximum atomic E-state index is 2.38. The van der Waals surface area contributed by atoms with Crippen molar-refractivity contribution in [3.63, 3.8) is 0 Å². The van der Waals surface area contributed by atoms with E-state index in [1.165, 1.54) is 65.7 Å². The van der Waals surface area contributed by atoms with Crippen LogP contribution in [0.4, 0.5) is 0 Å². The summed E-state index contributed by atoms with van der Waals surface area (Å²) < 4.78 is 0.